The van der Waals surface area contributed by atoms with Crippen LogP contribution in [0.3, 0.4) is 0 Å². The summed E-state index contributed by atoms with van der Waals surface area (Å²) in [6.45, 7) is 8.91. The number of hydrogen-bond donors (Lipinski definition) is 0. The number of hydrogen-bond acceptors (Lipinski definition) is 1. The Morgan fingerprint density at radius 2 is 1.43 bits per heavy atom. The van der Waals surface area contributed by atoms with Crippen LogP contribution in [0, 0.1) is 6.92 Å². The maximum atomic E-state index is 4.64. The third kappa shape index (κ3) is 2.34. The number of nitrogens with zero attached hydrogens (tertiary/aromatic N) is 2. The number of benzene rings is 3. The average molecular weight is 389 g/mol. The van der Waals surface area contributed by atoms with E-state index in [1.807, 2.05) is 6.20 Å². The predicted octanol–water partition coefficient (Wildman–Crippen LogP) is 7.50. The van der Waals surface area contributed by atoms with Crippen LogP contribution >= 0.6 is 0 Å². The summed E-state index contributed by atoms with van der Waals surface area (Å²) >= 11 is 0. The van der Waals surface area contributed by atoms with Crippen molar-refractivity contribution in [2.24, 2.45) is 0 Å². The van der Waals surface area contributed by atoms with E-state index < -0.39 is 0 Å². The molecule has 0 aliphatic carbocycles. The predicted molar refractivity (Wildman–Crippen MR) is 128 cm³/mol. The molecule has 0 amide bonds. The van der Waals surface area contributed by atoms with Crippen molar-refractivity contribution in [3.63, 3.8) is 0 Å². The highest BCUT2D eigenvalue weighted by atomic mass is 14.9. The van der Waals surface area contributed by atoms with Gasteiger partial charge in [-0.25, -0.2) is 0 Å². The molecule has 0 bridgehead atoms. The maximum absolute atomic E-state index is 4.64. The minimum Gasteiger partial charge on any atom is -0.308 e. The van der Waals surface area contributed by atoms with Crippen LogP contribution in [0.25, 0.3) is 49.4 Å². The van der Waals surface area contributed by atoms with Crippen molar-refractivity contribution >= 4 is 38.1 Å². The lowest BCUT2D eigenvalue weighted by Gasteiger charge is -2.19. The van der Waals surface area contributed by atoms with Crippen molar-refractivity contribution in [1.82, 2.24) is 9.38 Å². The first kappa shape index (κ1) is 17.5. The Bertz CT molecular complexity index is 1560. The fourth-order valence-electron chi connectivity index (χ4n) is 4.75. The Morgan fingerprint density at radius 1 is 0.733 bits per heavy atom. The topological polar surface area (TPSA) is 17.3 Å². The van der Waals surface area contributed by atoms with Gasteiger partial charge in [0.15, 0.2) is 0 Å². The summed E-state index contributed by atoms with van der Waals surface area (Å²) in [5.74, 6) is 0. The molecule has 0 spiro atoms. The Hall–Kier alpha value is -3.39. The second-order valence-electron chi connectivity index (χ2n) is 9.47. The first-order valence-electron chi connectivity index (χ1n) is 10.6. The fraction of sp³-hybridized carbons (Fsp3) is 0.179. The van der Waals surface area contributed by atoms with E-state index in [2.05, 4.69) is 104 Å². The van der Waals surface area contributed by atoms with Crippen LogP contribution in [0.15, 0.2) is 72.9 Å². The van der Waals surface area contributed by atoms with Gasteiger partial charge in [-0.2, -0.15) is 0 Å². The Labute approximate surface area is 176 Å². The summed E-state index contributed by atoms with van der Waals surface area (Å²) in [6.07, 6.45) is 1.94. The van der Waals surface area contributed by atoms with E-state index in [0.29, 0.717) is 0 Å². The molecule has 0 fully saturated rings. The van der Waals surface area contributed by atoms with Crippen molar-refractivity contribution in [3.8, 4) is 11.3 Å². The average Bonchev–Trinajstić information content (AvgIpc) is 3.24. The first-order chi connectivity index (χ1) is 14.4. The number of fused-ring (bicyclic) bond motifs is 6. The van der Waals surface area contributed by atoms with E-state index in [1.165, 1.54) is 49.2 Å². The van der Waals surface area contributed by atoms with Crippen LogP contribution in [0.2, 0.25) is 0 Å². The highest BCUT2D eigenvalue weighted by Gasteiger charge is 2.20. The summed E-state index contributed by atoms with van der Waals surface area (Å²) in [5, 5.41) is 5.27. The lowest BCUT2D eigenvalue weighted by atomic mass is 9.86. The molecule has 6 rings (SSSR count). The minimum atomic E-state index is 0.137. The van der Waals surface area contributed by atoms with Crippen LogP contribution in [0.1, 0.15) is 31.9 Å². The van der Waals surface area contributed by atoms with Crippen LogP contribution in [0.5, 0.6) is 0 Å². The molecule has 6 aromatic rings. The highest BCUT2D eigenvalue weighted by molar-refractivity contribution is 6.23. The van der Waals surface area contributed by atoms with Crippen molar-refractivity contribution in [3.05, 3.63) is 84.1 Å². The monoisotopic (exact) mass is 388 g/mol. The second-order valence-corrected chi connectivity index (χ2v) is 9.47. The Kier molecular flexibility index (Phi) is 3.39. The minimum absolute atomic E-state index is 0.137. The summed E-state index contributed by atoms with van der Waals surface area (Å²) in [4.78, 5) is 4.64. The van der Waals surface area contributed by atoms with Crippen LogP contribution < -0.4 is 0 Å². The molecule has 0 saturated heterocycles. The van der Waals surface area contributed by atoms with Crippen molar-refractivity contribution in [2.75, 3.05) is 0 Å². The molecule has 0 radical (unpaired) electrons. The SMILES string of the molecule is Cc1ccc(-c2ccc3c(c2)c2cccc4c5cc(C(C)(C)C)ccc5n3c24)nc1. The van der Waals surface area contributed by atoms with E-state index in [4.69, 9.17) is 0 Å². The zero-order valence-corrected chi connectivity index (χ0v) is 17.8. The van der Waals surface area contributed by atoms with Gasteiger partial charge in [0.2, 0.25) is 0 Å². The molecule has 30 heavy (non-hydrogen) atoms. The van der Waals surface area contributed by atoms with E-state index in [9.17, 15) is 0 Å². The molecule has 0 aliphatic rings. The van der Waals surface area contributed by atoms with Crippen LogP contribution in [-0.2, 0) is 5.41 Å². The second kappa shape index (κ2) is 5.82. The number of rotatable bonds is 1. The van der Waals surface area contributed by atoms with Gasteiger partial charge < -0.3 is 4.40 Å². The maximum Gasteiger partial charge on any atom is 0.0702 e. The van der Waals surface area contributed by atoms with Gasteiger partial charge in [-0.3, -0.25) is 4.98 Å². The van der Waals surface area contributed by atoms with E-state index in [1.54, 1.807) is 0 Å². The Morgan fingerprint density at radius 3 is 2.10 bits per heavy atom. The number of aromatic nitrogens is 2. The molecule has 0 saturated carbocycles. The van der Waals surface area contributed by atoms with Crippen molar-refractivity contribution in [1.29, 1.82) is 0 Å². The van der Waals surface area contributed by atoms with Gasteiger partial charge in [-0.1, -0.05) is 57.2 Å². The van der Waals surface area contributed by atoms with E-state index in [0.717, 1.165) is 11.3 Å². The zero-order chi connectivity index (χ0) is 20.6. The molecule has 146 valence electrons. The van der Waals surface area contributed by atoms with Gasteiger partial charge in [-0.15, -0.1) is 0 Å². The quantitative estimate of drug-likeness (QED) is 0.285. The first-order valence-corrected chi connectivity index (χ1v) is 10.6. The summed E-state index contributed by atoms with van der Waals surface area (Å²) in [7, 11) is 0. The Balaban J connectivity index is 1.70. The van der Waals surface area contributed by atoms with Crippen molar-refractivity contribution < 1.29 is 0 Å². The van der Waals surface area contributed by atoms with E-state index in [-0.39, 0.29) is 5.41 Å². The molecule has 0 unspecified atom stereocenters. The van der Waals surface area contributed by atoms with E-state index >= 15 is 0 Å². The van der Waals surface area contributed by atoms with Crippen LogP contribution in [0.4, 0.5) is 0 Å². The van der Waals surface area contributed by atoms with Crippen LogP contribution in [-0.4, -0.2) is 9.38 Å². The third-order valence-electron chi connectivity index (χ3n) is 6.39. The number of aryl methyl sites for hydroxylation is 1. The lowest BCUT2D eigenvalue weighted by Crippen LogP contribution is -2.10. The smallest absolute Gasteiger partial charge is 0.0702 e. The van der Waals surface area contributed by atoms with Gasteiger partial charge in [0.25, 0.3) is 0 Å². The third-order valence-corrected chi connectivity index (χ3v) is 6.39. The van der Waals surface area contributed by atoms with Gasteiger partial charge >= 0.3 is 0 Å². The molecule has 0 N–H and O–H groups in total. The molecule has 0 atom stereocenters. The molecule has 0 aliphatic heterocycles. The molecule has 2 heteroatoms. The van der Waals surface area contributed by atoms with Crippen molar-refractivity contribution in [2.45, 2.75) is 33.1 Å². The zero-order valence-electron chi connectivity index (χ0n) is 17.8. The summed E-state index contributed by atoms with van der Waals surface area (Å²) in [5.41, 5.74) is 8.74. The molecule has 3 aromatic heterocycles. The molecule has 2 nitrogen and oxygen atoms in total. The van der Waals surface area contributed by atoms with Gasteiger partial charge in [0.05, 0.1) is 22.2 Å². The molecular weight excluding hydrogens is 364 g/mol. The largest absolute Gasteiger partial charge is 0.308 e. The molecular formula is C28H24N2. The highest BCUT2D eigenvalue weighted by Crippen LogP contribution is 2.41. The van der Waals surface area contributed by atoms with Gasteiger partial charge in [0, 0.05) is 33.3 Å². The number of pyridine rings is 1. The summed E-state index contributed by atoms with van der Waals surface area (Å²) < 4.78 is 2.44. The lowest BCUT2D eigenvalue weighted by molar-refractivity contribution is 0.591. The number of para-hydroxylation sites is 1. The normalized spacial score (nSPS) is 12.7. The van der Waals surface area contributed by atoms with Gasteiger partial charge in [-0.05, 0) is 53.8 Å². The van der Waals surface area contributed by atoms with Gasteiger partial charge in [0.1, 0.15) is 0 Å². The molecule has 3 aromatic carbocycles. The fourth-order valence-corrected chi connectivity index (χ4v) is 4.75. The molecule has 3 heterocycles. The standard InChI is InChI=1S/C28H24N2/c1-17-8-11-24(29-16-17)18-9-12-25-22(14-18)20-6-5-7-21-23-15-19(28(2,3)4)10-13-26(23)30(25)27(20)21/h5-16H,1-4H3. The summed E-state index contributed by atoms with van der Waals surface area (Å²) in [6, 6.07) is 24.6.